The summed E-state index contributed by atoms with van der Waals surface area (Å²) < 4.78 is 19.4. The van der Waals surface area contributed by atoms with E-state index in [9.17, 15) is 9.18 Å². The van der Waals surface area contributed by atoms with Gasteiger partial charge in [0.15, 0.2) is 18.2 Å². The number of nitrogens with one attached hydrogen (secondary N) is 1. The van der Waals surface area contributed by atoms with Gasteiger partial charge in [-0.2, -0.15) is 0 Å². The number of hydrogen-bond acceptors (Lipinski definition) is 3. The van der Waals surface area contributed by atoms with E-state index in [-0.39, 0.29) is 18.3 Å². The summed E-state index contributed by atoms with van der Waals surface area (Å²) in [5, 5.41) is 3.23. The lowest BCUT2D eigenvalue weighted by Crippen LogP contribution is -2.33. The van der Waals surface area contributed by atoms with Crippen LogP contribution in [0.5, 0.6) is 5.75 Å². The normalized spacial score (nSPS) is 14.3. The van der Waals surface area contributed by atoms with Gasteiger partial charge in [0.2, 0.25) is 0 Å². The Balaban J connectivity index is 1.98. The topological polar surface area (TPSA) is 41.6 Å². The number of nitrogens with zero attached hydrogens (tertiary/aromatic N) is 1. The fraction of sp³-hybridized carbons (Fsp3) is 0.562. The maximum atomic E-state index is 13.9. The molecule has 0 heterocycles. The quantitative estimate of drug-likeness (QED) is 0.839. The molecule has 5 heteroatoms. The SMILES string of the molecule is CC(C)NCc1cccc(F)c1OCC(=O)N(C)C1CC1. The highest BCUT2D eigenvalue weighted by atomic mass is 19.1. The predicted molar refractivity (Wildman–Crippen MR) is 79.7 cm³/mol. The summed E-state index contributed by atoms with van der Waals surface area (Å²) in [4.78, 5) is 13.6. The molecular formula is C16H23FN2O2. The van der Waals surface area contributed by atoms with Gasteiger partial charge < -0.3 is 15.0 Å². The number of likely N-dealkylation sites (N-methyl/N-ethyl adjacent to an activating group) is 1. The summed E-state index contributed by atoms with van der Waals surface area (Å²) in [5.41, 5.74) is 0.727. The molecule has 4 nitrogen and oxygen atoms in total. The fourth-order valence-corrected chi connectivity index (χ4v) is 2.07. The van der Waals surface area contributed by atoms with Crippen LogP contribution in [0.15, 0.2) is 18.2 Å². The molecule has 1 aromatic carbocycles. The molecule has 0 saturated heterocycles. The number of amides is 1. The second kappa shape index (κ2) is 6.89. The lowest BCUT2D eigenvalue weighted by molar-refractivity contribution is -0.132. The minimum Gasteiger partial charge on any atom is -0.480 e. The molecule has 0 atom stereocenters. The zero-order valence-electron chi connectivity index (χ0n) is 12.9. The fourth-order valence-electron chi connectivity index (χ4n) is 2.07. The molecule has 0 spiro atoms. The smallest absolute Gasteiger partial charge is 0.260 e. The zero-order valence-corrected chi connectivity index (χ0v) is 12.9. The summed E-state index contributed by atoms with van der Waals surface area (Å²) >= 11 is 0. The highest BCUT2D eigenvalue weighted by molar-refractivity contribution is 5.78. The number of ether oxygens (including phenoxy) is 1. The van der Waals surface area contributed by atoms with Crippen molar-refractivity contribution >= 4 is 5.91 Å². The lowest BCUT2D eigenvalue weighted by Gasteiger charge is -2.18. The third-order valence-corrected chi connectivity index (χ3v) is 3.58. The van der Waals surface area contributed by atoms with Crippen LogP contribution in [-0.4, -0.2) is 36.5 Å². The number of rotatable bonds is 7. The third kappa shape index (κ3) is 4.43. The van der Waals surface area contributed by atoms with Crippen LogP contribution in [0.2, 0.25) is 0 Å². The van der Waals surface area contributed by atoms with Crippen LogP contribution in [0.1, 0.15) is 32.3 Å². The van der Waals surface area contributed by atoms with E-state index in [0.29, 0.717) is 18.6 Å². The summed E-state index contributed by atoms with van der Waals surface area (Å²) in [7, 11) is 1.77. The Hall–Kier alpha value is -1.62. The van der Waals surface area contributed by atoms with Crippen molar-refractivity contribution in [3.05, 3.63) is 29.6 Å². The van der Waals surface area contributed by atoms with Gasteiger partial charge in [-0.3, -0.25) is 4.79 Å². The van der Waals surface area contributed by atoms with Gasteiger partial charge in [-0.25, -0.2) is 4.39 Å². The van der Waals surface area contributed by atoms with Crippen molar-refractivity contribution in [1.82, 2.24) is 10.2 Å². The molecule has 1 N–H and O–H groups in total. The van der Waals surface area contributed by atoms with Crippen molar-refractivity contribution in [3.63, 3.8) is 0 Å². The predicted octanol–water partition coefficient (Wildman–Crippen LogP) is 2.32. The average molecular weight is 294 g/mol. The molecule has 0 unspecified atom stereocenters. The zero-order chi connectivity index (χ0) is 15.4. The molecule has 1 amide bonds. The van der Waals surface area contributed by atoms with Gasteiger partial charge >= 0.3 is 0 Å². The van der Waals surface area contributed by atoms with Crippen molar-refractivity contribution < 1.29 is 13.9 Å². The van der Waals surface area contributed by atoms with Crippen LogP contribution in [0.25, 0.3) is 0 Å². The van der Waals surface area contributed by atoms with E-state index < -0.39 is 5.82 Å². The molecular weight excluding hydrogens is 271 g/mol. The Labute approximate surface area is 125 Å². The van der Waals surface area contributed by atoms with Gasteiger partial charge in [0.25, 0.3) is 5.91 Å². The summed E-state index contributed by atoms with van der Waals surface area (Å²) in [6.45, 7) is 4.43. The van der Waals surface area contributed by atoms with Crippen LogP contribution < -0.4 is 10.1 Å². The first-order valence-electron chi connectivity index (χ1n) is 7.38. The molecule has 1 saturated carbocycles. The maximum Gasteiger partial charge on any atom is 0.260 e. The molecule has 1 aliphatic rings. The first-order valence-corrected chi connectivity index (χ1v) is 7.38. The van der Waals surface area contributed by atoms with Crippen molar-refractivity contribution in [2.24, 2.45) is 0 Å². The van der Waals surface area contributed by atoms with Crippen LogP contribution in [0.3, 0.4) is 0 Å². The standard InChI is InChI=1S/C16H23FN2O2/c1-11(2)18-9-12-5-4-6-14(17)16(12)21-10-15(20)19(3)13-7-8-13/h4-6,11,13,18H,7-10H2,1-3H3. The van der Waals surface area contributed by atoms with Crippen LogP contribution in [-0.2, 0) is 11.3 Å². The molecule has 1 aromatic rings. The van der Waals surface area contributed by atoms with Crippen LogP contribution in [0, 0.1) is 5.82 Å². The summed E-state index contributed by atoms with van der Waals surface area (Å²) in [6, 6.07) is 5.44. The van der Waals surface area contributed by atoms with E-state index in [1.165, 1.54) is 6.07 Å². The summed E-state index contributed by atoms with van der Waals surface area (Å²) in [5.74, 6) is -0.369. The largest absolute Gasteiger partial charge is 0.480 e. The number of halogens is 1. The van der Waals surface area contributed by atoms with E-state index in [1.807, 2.05) is 19.9 Å². The first kappa shape index (κ1) is 15.8. The highest BCUT2D eigenvalue weighted by Crippen LogP contribution is 2.26. The number of benzene rings is 1. The number of hydrogen-bond donors (Lipinski definition) is 1. The van der Waals surface area contributed by atoms with Gasteiger partial charge in [-0.15, -0.1) is 0 Å². The Bertz CT molecular complexity index is 501. The van der Waals surface area contributed by atoms with Crippen molar-refractivity contribution in [3.8, 4) is 5.75 Å². The molecule has 0 bridgehead atoms. The molecule has 0 radical (unpaired) electrons. The second-order valence-electron chi connectivity index (χ2n) is 5.79. The van der Waals surface area contributed by atoms with Gasteiger partial charge in [0.1, 0.15) is 0 Å². The maximum absolute atomic E-state index is 13.9. The molecule has 1 fully saturated rings. The Kier molecular flexibility index (Phi) is 5.17. The first-order chi connectivity index (χ1) is 9.99. The van der Waals surface area contributed by atoms with E-state index in [4.69, 9.17) is 4.74 Å². The lowest BCUT2D eigenvalue weighted by atomic mass is 10.2. The third-order valence-electron chi connectivity index (χ3n) is 3.58. The molecule has 21 heavy (non-hydrogen) atoms. The van der Waals surface area contributed by atoms with Crippen LogP contribution in [0.4, 0.5) is 4.39 Å². The van der Waals surface area contributed by atoms with E-state index in [1.54, 1.807) is 18.0 Å². The molecule has 2 rings (SSSR count). The van der Waals surface area contributed by atoms with Gasteiger partial charge in [-0.05, 0) is 18.9 Å². The Morgan fingerprint density at radius 1 is 1.48 bits per heavy atom. The minimum atomic E-state index is -0.431. The van der Waals surface area contributed by atoms with Gasteiger partial charge in [0.05, 0.1) is 0 Å². The van der Waals surface area contributed by atoms with Crippen molar-refractivity contribution in [2.45, 2.75) is 45.3 Å². The van der Waals surface area contributed by atoms with Gasteiger partial charge in [0, 0.05) is 31.2 Å². The molecule has 0 aliphatic heterocycles. The van der Waals surface area contributed by atoms with Crippen molar-refractivity contribution in [2.75, 3.05) is 13.7 Å². The second-order valence-corrected chi connectivity index (χ2v) is 5.79. The van der Waals surface area contributed by atoms with Gasteiger partial charge in [-0.1, -0.05) is 26.0 Å². The number of carbonyl (C=O) groups is 1. The molecule has 116 valence electrons. The Morgan fingerprint density at radius 3 is 2.81 bits per heavy atom. The van der Waals surface area contributed by atoms with E-state index in [2.05, 4.69) is 5.32 Å². The highest BCUT2D eigenvalue weighted by Gasteiger charge is 2.29. The van der Waals surface area contributed by atoms with Crippen molar-refractivity contribution in [1.29, 1.82) is 0 Å². The monoisotopic (exact) mass is 294 g/mol. The molecule has 0 aromatic heterocycles. The van der Waals surface area contributed by atoms with E-state index >= 15 is 0 Å². The Morgan fingerprint density at radius 2 is 2.19 bits per heavy atom. The summed E-state index contributed by atoms with van der Waals surface area (Å²) in [6.07, 6.45) is 2.09. The number of para-hydroxylation sites is 1. The van der Waals surface area contributed by atoms with Crippen LogP contribution >= 0.6 is 0 Å². The van der Waals surface area contributed by atoms with E-state index in [0.717, 1.165) is 18.4 Å². The minimum absolute atomic E-state index is 0.108. The average Bonchev–Trinajstić information content (AvgIpc) is 3.27. The number of carbonyl (C=O) groups excluding carboxylic acids is 1. The molecule has 1 aliphatic carbocycles.